The zero-order valence-electron chi connectivity index (χ0n) is 6.88. The van der Waals surface area contributed by atoms with Crippen LogP contribution in [0.2, 0.25) is 5.15 Å². The predicted octanol–water partition coefficient (Wildman–Crippen LogP) is 1.60. The van der Waals surface area contributed by atoms with Crippen LogP contribution in [0.3, 0.4) is 0 Å². The quantitative estimate of drug-likeness (QED) is 0.422. The number of hydrogen-bond acceptors (Lipinski definition) is 3. The molecule has 0 atom stereocenters. The van der Waals surface area contributed by atoms with Crippen LogP contribution in [0.25, 0.3) is 11.0 Å². The van der Waals surface area contributed by atoms with Crippen molar-refractivity contribution in [3.8, 4) is 11.8 Å². The number of fused-ring (bicyclic) bond motifs is 1. The Bertz CT molecular complexity index is 523. The molecule has 1 N–H and O–H groups in total. The molecule has 0 fully saturated rings. The molecule has 0 radical (unpaired) electrons. The van der Waals surface area contributed by atoms with E-state index in [1.165, 1.54) is 6.33 Å². The maximum Gasteiger partial charge on any atom is 0.186 e. The van der Waals surface area contributed by atoms with Gasteiger partial charge in [-0.1, -0.05) is 17.5 Å². The highest BCUT2D eigenvalue weighted by molar-refractivity contribution is 6.34. The van der Waals surface area contributed by atoms with E-state index < -0.39 is 0 Å². The Balaban J connectivity index is 2.67. The number of nitrogens with one attached hydrogen (secondary N) is 1. The standard InChI is InChI=1S/C8H4Cl2N4/c9-3-1-2-5-6-7(10)11-4-12-8(6)14-13-5/h4H,3H2,(H,11,12,13,14). The molecule has 2 rings (SSSR count). The average Bonchev–Trinajstić information content (AvgIpc) is 2.59. The summed E-state index contributed by atoms with van der Waals surface area (Å²) < 4.78 is 0. The van der Waals surface area contributed by atoms with Crippen LogP contribution in [-0.4, -0.2) is 26.0 Å². The Morgan fingerprint density at radius 3 is 3.07 bits per heavy atom. The monoisotopic (exact) mass is 226 g/mol. The van der Waals surface area contributed by atoms with Crippen LogP contribution in [0.4, 0.5) is 0 Å². The molecule has 0 amide bonds. The average molecular weight is 227 g/mol. The fourth-order valence-electron chi connectivity index (χ4n) is 1.03. The first-order valence-corrected chi connectivity index (χ1v) is 4.63. The summed E-state index contributed by atoms with van der Waals surface area (Å²) in [5.74, 6) is 5.75. The summed E-state index contributed by atoms with van der Waals surface area (Å²) in [5.41, 5.74) is 1.09. The third-order valence-corrected chi connectivity index (χ3v) is 2.01. The van der Waals surface area contributed by atoms with Gasteiger partial charge in [0.2, 0.25) is 0 Å². The molecule has 0 aliphatic carbocycles. The lowest BCUT2D eigenvalue weighted by atomic mass is 10.3. The van der Waals surface area contributed by atoms with Gasteiger partial charge in [-0.2, -0.15) is 5.10 Å². The van der Waals surface area contributed by atoms with E-state index in [0.717, 1.165) is 0 Å². The second kappa shape index (κ2) is 3.82. The van der Waals surface area contributed by atoms with Crippen LogP contribution in [-0.2, 0) is 0 Å². The van der Waals surface area contributed by atoms with Gasteiger partial charge in [0, 0.05) is 0 Å². The Morgan fingerprint density at radius 2 is 2.29 bits per heavy atom. The summed E-state index contributed by atoms with van der Waals surface area (Å²) in [5, 5.41) is 7.61. The Labute approximate surface area is 89.7 Å². The highest BCUT2D eigenvalue weighted by atomic mass is 35.5. The maximum atomic E-state index is 5.87. The number of nitrogens with zero attached hydrogens (tertiary/aromatic N) is 3. The van der Waals surface area contributed by atoms with Crippen LogP contribution in [0.15, 0.2) is 6.33 Å². The maximum absolute atomic E-state index is 5.87. The molecule has 0 aromatic carbocycles. The molecule has 2 aromatic rings. The highest BCUT2D eigenvalue weighted by Crippen LogP contribution is 2.19. The summed E-state index contributed by atoms with van der Waals surface area (Å²) >= 11 is 11.3. The Kier molecular flexibility index (Phi) is 2.53. The summed E-state index contributed by atoms with van der Waals surface area (Å²) in [7, 11) is 0. The van der Waals surface area contributed by atoms with E-state index >= 15 is 0 Å². The molecular formula is C8H4Cl2N4. The topological polar surface area (TPSA) is 54.5 Å². The zero-order valence-corrected chi connectivity index (χ0v) is 8.39. The van der Waals surface area contributed by atoms with Gasteiger partial charge >= 0.3 is 0 Å². The molecule has 14 heavy (non-hydrogen) atoms. The van der Waals surface area contributed by atoms with Crippen LogP contribution in [0, 0.1) is 11.8 Å². The van der Waals surface area contributed by atoms with E-state index in [1.807, 2.05) is 0 Å². The highest BCUT2D eigenvalue weighted by Gasteiger charge is 2.08. The number of alkyl halides is 1. The number of H-pyrrole nitrogens is 1. The van der Waals surface area contributed by atoms with Crippen molar-refractivity contribution in [2.45, 2.75) is 0 Å². The van der Waals surface area contributed by atoms with Crippen molar-refractivity contribution >= 4 is 34.2 Å². The molecule has 2 aromatic heterocycles. The van der Waals surface area contributed by atoms with Crippen molar-refractivity contribution in [1.29, 1.82) is 0 Å². The summed E-state index contributed by atoms with van der Waals surface area (Å²) in [6, 6.07) is 0. The zero-order chi connectivity index (χ0) is 9.97. The van der Waals surface area contributed by atoms with Crippen molar-refractivity contribution in [3.63, 3.8) is 0 Å². The third-order valence-electron chi connectivity index (χ3n) is 1.58. The molecule has 0 bridgehead atoms. The predicted molar refractivity (Wildman–Crippen MR) is 54.3 cm³/mol. The smallest absolute Gasteiger partial charge is 0.186 e. The van der Waals surface area contributed by atoms with Crippen molar-refractivity contribution < 1.29 is 0 Å². The minimum Gasteiger partial charge on any atom is -0.267 e. The van der Waals surface area contributed by atoms with Gasteiger partial charge < -0.3 is 0 Å². The van der Waals surface area contributed by atoms with Crippen molar-refractivity contribution in [3.05, 3.63) is 17.2 Å². The van der Waals surface area contributed by atoms with Gasteiger partial charge in [-0.05, 0) is 5.92 Å². The lowest BCUT2D eigenvalue weighted by Gasteiger charge is -1.89. The molecule has 4 nitrogen and oxygen atoms in total. The molecule has 2 heterocycles. The molecule has 0 spiro atoms. The number of aromatic nitrogens is 4. The first-order chi connectivity index (χ1) is 6.83. The van der Waals surface area contributed by atoms with Crippen LogP contribution < -0.4 is 0 Å². The van der Waals surface area contributed by atoms with Crippen LogP contribution >= 0.6 is 23.2 Å². The number of hydrogen-bond donors (Lipinski definition) is 1. The second-order valence-corrected chi connectivity index (χ2v) is 3.02. The number of rotatable bonds is 0. The van der Waals surface area contributed by atoms with Crippen molar-refractivity contribution in [2.75, 3.05) is 5.88 Å². The lowest BCUT2D eigenvalue weighted by Crippen LogP contribution is -1.82. The minimum absolute atomic E-state index is 0.256. The molecule has 0 aliphatic heterocycles. The SMILES string of the molecule is ClCC#Cc1[nH]nc2ncnc(Cl)c12. The second-order valence-electron chi connectivity index (χ2n) is 2.40. The molecule has 6 heteroatoms. The van der Waals surface area contributed by atoms with E-state index in [-0.39, 0.29) is 5.88 Å². The van der Waals surface area contributed by atoms with E-state index in [4.69, 9.17) is 23.2 Å². The Morgan fingerprint density at radius 1 is 1.43 bits per heavy atom. The molecule has 0 saturated carbocycles. The van der Waals surface area contributed by atoms with Gasteiger partial charge in [0.25, 0.3) is 0 Å². The number of halogens is 2. The summed E-state index contributed by atoms with van der Waals surface area (Å²) in [6.45, 7) is 0. The normalized spacial score (nSPS) is 9.86. The van der Waals surface area contributed by atoms with Crippen LogP contribution in [0.5, 0.6) is 0 Å². The van der Waals surface area contributed by atoms with E-state index in [9.17, 15) is 0 Å². The van der Waals surface area contributed by atoms with Gasteiger partial charge in [-0.25, -0.2) is 9.97 Å². The van der Waals surface area contributed by atoms with E-state index in [2.05, 4.69) is 32.0 Å². The minimum atomic E-state index is 0.256. The van der Waals surface area contributed by atoms with Gasteiger partial charge in [0.1, 0.15) is 17.2 Å². The largest absolute Gasteiger partial charge is 0.267 e. The Hall–Kier alpha value is -1.31. The molecule has 0 saturated heterocycles. The molecule has 70 valence electrons. The van der Waals surface area contributed by atoms with E-state index in [1.54, 1.807) is 0 Å². The molecular weight excluding hydrogens is 223 g/mol. The lowest BCUT2D eigenvalue weighted by molar-refractivity contribution is 1.08. The first kappa shape index (κ1) is 9.25. The first-order valence-electron chi connectivity index (χ1n) is 3.72. The van der Waals surface area contributed by atoms with Gasteiger partial charge in [-0.15, -0.1) is 11.6 Å². The van der Waals surface area contributed by atoms with Gasteiger partial charge in [0.15, 0.2) is 5.65 Å². The van der Waals surface area contributed by atoms with Crippen LogP contribution in [0.1, 0.15) is 5.69 Å². The van der Waals surface area contributed by atoms with Crippen molar-refractivity contribution in [2.24, 2.45) is 0 Å². The van der Waals surface area contributed by atoms with Gasteiger partial charge in [-0.3, -0.25) is 5.10 Å². The fraction of sp³-hybridized carbons (Fsp3) is 0.125. The van der Waals surface area contributed by atoms with Gasteiger partial charge in [0.05, 0.1) is 11.3 Å². The fourth-order valence-corrected chi connectivity index (χ4v) is 1.32. The summed E-state index contributed by atoms with van der Waals surface area (Å²) in [6.07, 6.45) is 1.35. The summed E-state index contributed by atoms with van der Waals surface area (Å²) in [4.78, 5) is 7.77. The molecule has 0 aliphatic rings. The van der Waals surface area contributed by atoms with Crippen molar-refractivity contribution in [1.82, 2.24) is 20.2 Å². The number of aromatic amines is 1. The third kappa shape index (κ3) is 1.52. The van der Waals surface area contributed by atoms with E-state index in [0.29, 0.717) is 21.9 Å². The molecule has 0 unspecified atom stereocenters.